The lowest BCUT2D eigenvalue weighted by Gasteiger charge is -2.31. The standard InChI is InChI=1S/C15H20N4O2S/c1-2-11(10-20-15-16-5-7-22-15)8-19(6-1)9-13-17-18-14(21-13)12-3-4-12/h5,7,11-12H,1-4,6,8-10H2. The van der Waals surface area contributed by atoms with Gasteiger partial charge in [0.25, 0.3) is 5.19 Å². The van der Waals surface area contributed by atoms with Crippen molar-refractivity contribution in [2.75, 3.05) is 19.7 Å². The molecule has 1 aliphatic heterocycles. The van der Waals surface area contributed by atoms with Crippen LogP contribution in [0.3, 0.4) is 0 Å². The summed E-state index contributed by atoms with van der Waals surface area (Å²) in [5.41, 5.74) is 0. The molecule has 2 aliphatic rings. The highest BCUT2D eigenvalue weighted by atomic mass is 32.1. The van der Waals surface area contributed by atoms with Gasteiger partial charge in [-0.15, -0.1) is 10.2 Å². The molecule has 0 aromatic carbocycles. The van der Waals surface area contributed by atoms with Crippen LogP contribution in [0.4, 0.5) is 0 Å². The number of ether oxygens (including phenoxy) is 1. The zero-order valence-electron chi connectivity index (χ0n) is 12.5. The van der Waals surface area contributed by atoms with Crippen molar-refractivity contribution in [1.82, 2.24) is 20.1 Å². The van der Waals surface area contributed by atoms with Gasteiger partial charge in [-0.2, -0.15) is 0 Å². The van der Waals surface area contributed by atoms with Crippen LogP contribution in [0.15, 0.2) is 16.0 Å². The molecule has 2 aromatic rings. The van der Waals surface area contributed by atoms with Crippen LogP contribution in [-0.2, 0) is 6.54 Å². The Morgan fingerprint density at radius 1 is 1.32 bits per heavy atom. The van der Waals surface area contributed by atoms with Crippen molar-refractivity contribution < 1.29 is 9.15 Å². The zero-order valence-corrected chi connectivity index (χ0v) is 13.3. The molecule has 0 radical (unpaired) electrons. The highest BCUT2D eigenvalue weighted by Crippen LogP contribution is 2.39. The first kappa shape index (κ1) is 14.1. The topological polar surface area (TPSA) is 64.3 Å². The van der Waals surface area contributed by atoms with Gasteiger partial charge in [0.1, 0.15) is 0 Å². The van der Waals surface area contributed by atoms with Gasteiger partial charge < -0.3 is 9.15 Å². The summed E-state index contributed by atoms with van der Waals surface area (Å²) in [4.78, 5) is 6.55. The lowest BCUT2D eigenvalue weighted by molar-refractivity contribution is 0.117. The Morgan fingerprint density at radius 3 is 3.09 bits per heavy atom. The third kappa shape index (κ3) is 3.47. The van der Waals surface area contributed by atoms with Gasteiger partial charge in [0, 0.05) is 30.0 Å². The third-order valence-corrected chi connectivity index (χ3v) is 4.91. The van der Waals surface area contributed by atoms with Gasteiger partial charge in [0.05, 0.1) is 13.2 Å². The molecule has 1 saturated heterocycles. The molecule has 7 heteroatoms. The molecule has 0 bridgehead atoms. The predicted molar refractivity (Wildman–Crippen MR) is 81.9 cm³/mol. The lowest BCUT2D eigenvalue weighted by atomic mass is 9.99. The molecule has 1 saturated carbocycles. The van der Waals surface area contributed by atoms with Gasteiger partial charge in [-0.25, -0.2) is 4.98 Å². The van der Waals surface area contributed by atoms with Crippen molar-refractivity contribution in [3.63, 3.8) is 0 Å². The van der Waals surface area contributed by atoms with Crippen molar-refractivity contribution in [2.45, 2.75) is 38.1 Å². The van der Waals surface area contributed by atoms with Crippen molar-refractivity contribution in [2.24, 2.45) is 5.92 Å². The molecule has 6 nitrogen and oxygen atoms in total. The SMILES string of the molecule is c1csc(OCC2CCCN(Cc3nnc(C4CC4)o3)C2)n1. The summed E-state index contributed by atoms with van der Waals surface area (Å²) in [5.74, 6) is 2.66. The van der Waals surface area contributed by atoms with Crippen LogP contribution in [0.1, 0.15) is 43.4 Å². The third-order valence-electron chi connectivity index (χ3n) is 4.22. The van der Waals surface area contributed by atoms with E-state index >= 15 is 0 Å². The summed E-state index contributed by atoms with van der Waals surface area (Å²) in [6, 6.07) is 0. The summed E-state index contributed by atoms with van der Waals surface area (Å²) in [7, 11) is 0. The molecule has 1 unspecified atom stereocenters. The zero-order chi connectivity index (χ0) is 14.8. The monoisotopic (exact) mass is 320 g/mol. The van der Waals surface area contributed by atoms with Crippen LogP contribution in [0.2, 0.25) is 0 Å². The normalized spacial score (nSPS) is 22.8. The summed E-state index contributed by atoms with van der Waals surface area (Å²) in [5, 5.41) is 11.0. The van der Waals surface area contributed by atoms with E-state index in [4.69, 9.17) is 9.15 Å². The van der Waals surface area contributed by atoms with Crippen LogP contribution < -0.4 is 4.74 Å². The second-order valence-electron chi connectivity index (χ2n) is 6.16. The van der Waals surface area contributed by atoms with Gasteiger partial charge in [0.2, 0.25) is 11.8 Å². The van der Waals surface area contributed by atoms with Crippen molar-refractivity contribution in [3.05, 3.63) is 23.4 Å². The second-order valence-corrected chi connectivity index (χ2v) is 7.02. The molecule has 0 N–H and O–H groups in total. The first-order valence-electron chi connectivity index (χ1n) is 7.94. The van der Waals surface area contributed by atoms with Crippen molar-refractivity contribution >= 4 is 11.3 Å². The predicted octanol–water partition coefficient (Wildman–Crippen LogP) is 2.69. The summed E-state index contributed by atoms with van der Waals surface area (Å²) in [6.45, 7) is 3.61. The lowest BCUT2D eigenvalue weighted by Crippen LogP contribution is -2.37. The molecule has 22 heavy (non-hydrogen) atoms. The van der Waals surface area contributed by atoms with E-state index in [0.717, 1.165) is 43.2 Å². The first-order chi connectivity index (χ1) is 10.9. The van der Waals surface area contributed by atoms with E-state index in [9.17, 15) is 0 Å². The summed E-state index contributed by atoms with van der Waals surface area (Å²) < 4.78 is 11.5. The number of piperidine rings is 1. The number of thiazole rings is 1. The van der Waals surface area contributed by atoms with Crippen LogP contribution >= 0.6 is 11.3 Å². The van der Waals surface area contributed by atoms with Crippen LogP contribution in [0.5, 0.6) is 5.19 Å². The van der Waals surface area contributed by atoms with E-state index in [1.54, 1.807) is 17.5 Å². The van der Waals surface area contributed by atoms with E-state index in [-0.39, 0.29) is 0 Å². The van der Waals surface area contributed by atoms with Gasteiger partial charge >= 0.3 is 0 Å². The number of aromatic nitrogens is 3. The van der Waals surface area contributed by atoms with Crippen LogP contribution in [-0.4, -0.2) is 39.8 Å². The van der Waals surface area contributed by atoms with Gasteiger partial charge in [-0.3, -0.25) is 4.90 Å². The van der Waals surface area contributed by atoms with Gasteiger partial charge in [-0.05, 0) is 32.2 Å². The van der Waals surface area contributed by atoms with Crippen molar-refractivity contribution in [1.29, 1.82) is 0 Å². The van der Waals surface area contributed by atoms with Crippen LogP contribution in [0.25, 0.3) is 0 Å². The van der Waals surface area contributed by atoms with Crippen molar-refractivity contribution in [3.8, 4) is 5.19 Å². The first-order valence-corrected chi connectivity index (χ1v) is 8.82. The quantitative estimate of drug-likeness (QED) is 0.815. The van der Waals surface area contributed by atoms with E-state index in [1.807, 2.05) is 5.38 Å². The molecule has 1 aliphatic carbocycles. The van der Waals surface area contributed by atoms with E-state index in [1.165, 1.54) is 25.7 Å². The molecule has 1 atom stereocenters. The highest BCUT2D eigenvalue weighted by molar-refractivity contribution is 7.11. The molecule has 2 aromatic heterocycles. The number of hydrogen-bond donors (Lipinski definition) is 0. The minimum atomic E-state index is 0.530. The minimum absolute atomic E-state index is 0.530. The average Bonchev–Trinajstić information content (AvgIpc) is 3.06. The van der Waals surface area contributed by atoms with E-state index in [0.29, 0.717) is 11.8 Å². The molecule has 0 spiro atoms. The Hall–Kier alpha value is -1.47. The average molecular weight is 320 g/mol. The minimum Gasteiger partial charge on any atom is -0.470 e. The second kappa shape index (κ2) is 6.34. The maximum absolute atomic E-state index is 5.76. The highest BCUT2D eigenvalue weighted by Gasteiger charge is 2.30. The smallest absolute Gasteiger partial charge is 0.273 e. The summed E-state index contributed by atoms with van der Waals surface area (Å²) >= 11 is 1.55. The van der Waals surface area contributed by atoms with Crippen LogP contribution in [0, 0.1) is 5.92 Å². The number of hydrogen-bond acceptors (Lipinski definition) is 7. The molecule has 4 rings (SSSR count). The summed E-state index contributed by atoms with van der Waals surface area (Å²) in [6.07, 6.45) is 6.57. The number of nitrogens with zero attached hydrogens (tertiary/aromatic N) is 4. The Labute approximate surface area is 133 Å². The Bertz CT molecular complexity index is 596. The molecule has 3 heterocycles. The molecule has 0 amide bonds. The molecule has 2 fully saturated rings. The Balaban J connectivity index is 1.28. The maximum atomic E-state index is 5.76. The fourth-order valence-corrected chi connectivity index (χ4v) is 3.41. The number of likely N-dealkylation sites (tertiary alicyclic amines) is 1. The fourth-order valence-electron chi connectivity index (χ4n) is 2.92. The number of rotatable bonds is 6. The van der Waals surface area contributed by atoms with Gasteiger partial charge in [0.15, 0.2) is 0 Å². The van der Waals surface area contributed by atoms with E-state index in [2.05, 4.69) is 20.1 Å². The largest absolute Gasteiger partial charge is 0.470 e. The van der Waals surface area contributed by atoms with E-state index < -0.39 is 0 Å². The Morgan fingerprint density at radius 2 is 2.27 bits per heavy atom. The van der Waals surface area contributed by atoms with Gasteiger partial charge in [-0.1, -0.05) is 11.3 Å². The fraction of sp³-hybridized carbons (Fsp3) is 0.667. The molecular weight excluding hydrogens is 300 g/mol. The Kier molecular flexibility index (Phi) is 4.07. The molecule has 118 valence electrons. The molecular formula is C15H20N4O2S. The maximum Gasteiger partial charge on any atom is 0.273 e.